The molecule has 0 heterocycles. The molecule has 0 saturated heterocycles. The fourth-order valence-electron chi connectivity index (χ4n) is 2.39. The van der Waals surface area contributed by atoms with Crippen molar-refractivity contribution in [2.24, 2.45) is 5.73 Å². The third-order valence-corrected chi connectivity index (χ3v) is 3.63. The highest BCUT2D eigenvalue weighted by atomic mass is 19.4. The highest BCUT2D eigenvalue weighted by Crippen LogP contribution is 2.37. The van der Waals surface area contributed by atoms with Gasteiger partial charge < -0.3 is 15.6 Å². The van der Waals surface area contributed by atoms with Gasteiger partial charge in [0.1, 0.15) is 5.75 Å². The molecule has 0 bridgehead atoms. The van der Waals surface area contributed by atoms with Crippen molar-refractivity contribution in [1.82, 2.24) is 0 Å². The minimum atomic E-state index is -4.58. The number of aliphatic hydroxyl groups excluding tert-OH is 1. The number of aliphatic hydroxyl groups is 1. The number of hydrogen-bond acceptors (Lipinski definition) is 3. The van der Waals surface area contributed by atoms with Crippen molar-refractivity contribution in [2.75, 3.05) is 7.11 Å². The molecule has 0 aliphatic carbocycles. The van der Waals surface area contributed by atoms with E-state index in [0.717, 1.165) is 11.6 Å². The van der Waals surface area contributed by atoms with E-state index in [4.69, 9.17) is 10.5 Å². The van der Waals surface area contributed by atoms with Crippen LogP contribution in [0.1, 0.15) is 22.7 Å². The Labute approximate surface area is 132 Å². The average molecular weight is 325 g/mol. The Hall–Kier alpha value is -2.05. The molecule has 2 rings (SSSR count). The zero-order valence-electron chi connectivity index (χ0n) is 12.5. The Morgan fingerprint density at radius 1 is 1.13 bits per heavy atom. The zero-order valence-corrected chi connectivity index (χ0v) is 12.5. The topological polar surface area (TPSA) is 55.5 Å². The van der Waals surface area contributed by atoms with Crippen molar-refractivity contribution in [1.29, 1.82) is 0 Å². The maximum absolute atomic E-state index is 13.2. The first-order chi connectivity index (χ1) is 10.8. The molecule has 124 valence electrons. The summed E-state index contributed by atoms with van der Waals surface area (Å²) < 4.78 is 44.5. The van der Waals surface area contributed by atoms with Crippen molar-refractivity contribution in [3.8, 4) is 5.75 Å². The molecule has 2 atom stereocenters. The number of alkyl halides is 3. The number of ether oxygens (including phenoxy) is 1. The van der Waals surface area contributed by atoms with Crippen LogP contribution in [0.4, 0.5) is 13.2 Å². The highest BCUT2D eigenvalue weighted by Gasteiger charge is 2.36. The lowest BCUT2D eigenvalue weighted by atomic mass is 9.93. The van der Waals surface area contributed by atoms with Gasteiger partial charge >= 0.3 is 6.18 Å². The summed E-state index contributed by atoms with van der Waals surface area (Å²) in [6.07, 6.45) is -5.54. The van der Waals surface area contributed by atoms with E-state index in [1.54, 1.807) is 24.3 Å². The molecule has 0 aliphatic heterocycles. The molecule has 3 N–H and O–H groups in total. The van der Waals surface area contributed by atoms with E-state index in [1.165, 1.54) is 19.2 Å². The quantitative estimate of drug-likeness (QED) is 0.887. The van der Waals surface area contributed by atoms with Gasteiger partial charge in [0, 0.05) is 6.42 Å². The van der Waals surface area contributed by atoms with E-state index in [2.05, 4.69) is 0 Å². The second kappa shape index (κ2) is 7.02. The Morgan fingerprint density at radius 2 is 1.78 bits per heavy atom. The minimum Gasteiger partial charge on any atom is -0.497 e. The van der Waals surface area contributed by atoms with Crippen molar-refractivity contribution in [3.63, 3.8) is 0 Å². The van der Waals surface area contributed by atoms with Crippen LogP contribution in [0.25, 0.3) is 0 Å². The summed E-state index contributed by atoms with van der Waals surface area (Å²) >= 11 is 0. The fourth-order valence-corrected chi connectivity index (χ4v) is 2.39. The first-order valence-corrected chi connectivity index (χ1v) is 7.05. The SMILES string of the molecule is COc1ccc([C@@H](N)[C@@H](O)Cc2ccccc2)c(C(F)(F)F)c1. The lowest BCUT2D eigenvalue weighted by Gasteiger charge is -2.23. The molecule has 6 heteroatoms. The number of nitrogens with two attached hydrogens (primary N) is 1. The van der Waals surface area contributed by atoms with Crippen molar-refractivity contribution >= 4 is 0 Å². The summed E-state index contributed by atoms with van der Waals surface area (Å²) in [7, 11) is 1.29. The van der Waals surface area contributed by atoms with Gasteiger partial charge in [-0.05, 0) is 23.3 Å². The van der Waals surface area contributed by atoms with Gasteiger partial charge in [0.15, 0.2) is 0 Å². The lowest BCUT2D eigenvalue weighted by molar-refractivity contribution is -0.138. The van der Waals surface area contributed by atoms with Crippen LogP contribution in [0.5, 0.6) is 5.75 Å². The molecule has 2 aromatic carbocycles. The van der Waals surface area contributed by atoms with Crippen LogP contribution < -0.4 is 10.5 Å². The van der Waals surface area contributed by atoms with Gasteiger partial charge in [-0.2, -0.15) is 13.2 Å². The summed E-state index contributed by atoms with van der Waals surface area (Å²) in [5, 5.41) is 10.2. The standard InChI is InChI=1S/C17H18F3NO2/c1-23-12-7-8-13(14(10-12)17(18,19)20)16(21)15(22)9-11-5-3-2-4-6-11/h2-8,10,15-16,22H,9,21H2,1H3/t15-,16+/m0/s1. The molecular formula is C17H18F3NO2. The maximum atomic E-state index is 13.2. The monoisotopic (exact) mass is 325 g/mol. The summed E-state index contributed by atoms with van der Waals surface area (Å²) in [4.78, 5) is 0. The van der Waals surface area contributed by atoms with E-state index in [9.17, 15) is 18.3 Å². The third-order valence-electron chi connectivity index (χ3n) is 3.63. The Kier molecular flexibility index (Phi) is 5.28. The maximum Gasteiger partial charge on any atom is 0.416 e. The van der Waals surface area contributed by atoms with Crippen LogP contribution in [0.15, 0.2) is 48.5 Å². The second-order valence-electron chi connectivity index (χ2n) is 5.23. The number of methoxy groups -OCH3 is 1. The first-order valence-electron chi connectivity index (χ1n) is 7.05. The van der Waals surface area contributed by atoms with Crippen LogP contribution in [0.2, 0.25) is 0 Å². The predicted octanol–water partition coefficient (Wildman–Crippen LogP) is 3.32. The van der Waals surface area contributed by atoms with Crippen LogP contribution in [-0.4, -0.2) is 18.3 Å². The molecule has 23 heavy (non-hydrogen) atoms. The normalized spacial score (nSPS) is 14.3. The molecule has 0 amide bonds. The number of rotatable bonds is 5. The molecule has 0 spiro atoms. The molecule has 0 aromatic heterocycles. The average Bonchev–Trinajstić information content (AvgIpc) is 2.53. The van der Waals surface area contributed by atoms with Gasteiger partial charge in [-0.15, -0.1) is 0 Å². The van der Waals surface area contributed by atoms with Gasteiger partial charge in [-0.25, -0.2) is 0 Å². The molecular weight excluding hydrogens is 307 g/mol. The number of benzene rings is 2. The summed E-state index contributed by atoms with van der Waals surface area (Å²) in [6.45, 7) is 0. The fraction of sp³-hybridized carbons (Fsp3) is 0.294. The van der Waals surface area contributed by atoms with Crippen LogP contribution in [0.3, 0.4) is 0 Å². The second-order valence-corrected chi connectivity index (χ2v) is 5.23. The van der Waals surface area contributed by atoms with Gasteiger partial charge in [-0.1, -0.05) is 36.4 Å². The van der Waals surface area contributed by atoms with Gasteiger partial charge in [-0.3, -0.25) is 0 Å². The molecule has 0 fully saturated rings. The van der Waals surface area contributed by atoms with Gasteiger partial charge in [0.25, 0.3) is 0 Å². The molecule has 0 aliphatic rings. The number of hydrogen-bond donors (Lipinski definition) is 2. The third kappa shape index (κ3) is 4.24. The number of halogens is 3. The predicted molar refractivity (Wildman–Crippen MR) is 81.1 cm³/mol. The Bertz CT molecular complexity index is 644. The Morgan fingerprint density at radius 3 is 2.35 bits per heavy atom. The lowest BCUT2D eigenvalue weighted by Crippen LogP contribution is -2.30. The summed E-state index contributed by atoms with van der Waals surface area (Å²) in [6, 6.07) is 11.4. The molecule has 0 unspecified atom stereocenters. The van der Waals surface area contributed by atoms with Crippen molar-refractivity contribution in [3.05, 3.63) is 65.2 Å². The zero-order chi connectivity index (χ0) is 17.0. The first kappa shape index (κ1) is 17.3. The minimum absolute atomic E-state index is 0.0887. The molecule has 0 radical (unpaired) electrons. The van der Waals surface area contributed by atoms with Crippen LogP contribution >= 0.6 is 0 Å². The summed E-state index contributed by atoms with van der Waals surface area (Å²) in [5.41, 5.74) is 5.64. The van der Waals surface area contributed by atoms with Crippen LogP contribution in [-0.2, 0) is 12.6 Å². The summed E-state index contributed by atoms with van der Waals surface area (Å²) in [5.74, 6) is 0.0887. The molecule has 2 aromatic rings. The smallest absolute Gasteiger partial charge is 0.416 e. The molecule has 3 nitrogen and oxygen atoms in total. The highest BCUT2D eigenvalue weighted by molar-refractivity contribution is 5.40. The van der Waals surface area contributed by atoms with Crippen molar-refractivity contribution in [2.45, 2.75) is 24.7 Å². The Balaban J connectivity index is 2.29. The van der Waals surface area contributed by atoms with Gasteiger partial charge in [0.2, 0.25) is 0 Å². The van der Waals surface area contributed by atoms with Crippen molar-refractivity contribution < 1.29 is 23.0 Å². The van der Waals surface area contributed by atoms with E-state index in [1.807, 2.05) is 6.07 Å². The van der Waals surface area contributed by atoms with Crippen LogP contribution in [0, 0.1) is 0 Å². The largest absolute Gasteiger partial charge is 0.497 e. The van der Waals surface area contributed by atoms with Gasteiger partial charge in [0.05, 0.1) is 24.8 Å². The van der Waals surface area contributed by atoms with E-state index >= 15 is 0 Å². The van der Waals surface area contributed by atoms with E-state index < -0.39 is 23.9 Å². The molecule has 0 saturated carbocycles. The van der Waals surface area contributed by atoms with E-state index in [-0.39, 0.29) is 17.7 Å². The van der Waals surface area contributed by atoms with E-state index in [0.29, 0.717) is 0 Å².